The van der Waals surface area contributed by atoms with Gasteiger partial charge in [-0.2, -0.15) is 0 Å². The summed E-state index contributed by atoms with van der Waals surface area (Å²) in [6, 6.07) is 0. The van der Waals surface area contributed by atoms with Crippen molar-refractivity contribution in [2.24, 2.45) is 0 Å². The molecule has 78 valence electrons. The Bertz CT molecular complexity index is 295. The molecule has 0 bridgehead atoms. The standard InChI is InChI=1S/C7H9NO6/c1-3(9)8-4(2-5(10)11)6(12)7(13)14/h2,6,12H,1H3,(H,8,9)(H,10,11)(H,13,14). The van der Waals surface area contributed by atoms with Gasteiger partial charge in [0.15, 0.2) is 6.10 Å². The summed E-state index contributed by atoms with van der Waals surface area (Å²) in [7, 11) is 0. The zero-order valence-corrected chi connectivity index (χ0v) is 7.22. The van der Waals surface area contributed by atoms with Crippen LogP contribution in [0, 0.1) is 0 Å². The maximum absolute atomic E-state index is 10.5. The molecule has 0 spiro atoms. The maximum Gasteiger partial charge on any atom is 0.338 e. The van der Waals surface area contributed by atoms with Gasteiger partial charge in [0.25, 0.3) is 0 Å². The fourth-order valence-corrected chi connectivity index (χ4v) is 0.653. The Morgan fingerprint density at radius 1 is 1.29 bits per heavy atom. The molecular weight excluding hydrogens is 194 g/mol. The van der Waals surface area contributed by atoms with Gasteiger partial charge in [0.2, 0.25) is 5.91 Å². The zero-order chi connectivity index (χ0) is 11.3. The summed E-state index contributed by atoms with van der Waals surface area (Å²) < 4.78 is 0. The summed E-state index contributed by atoms with van der Waals surface area (Å²) in [5.74, 6) is -3.78. The summed E-state index contributed by atoms with van der Waals surface area (Å²) in [5.41, 5.74) is -0.586. The highest BCUT2D eigenvalue weighted by molar-refractivity contribution is 5.87. The molecule has 1 unspecified atom stereocenters. The third-order valence-electron chi connectivity index (χ3n) is 1.13. The fraction of sp³-hybridized carbons (Fsp3) is 0.286. The molecule has 1 atom stereocenters. The van der Waals surface area contributed by atoms with Crippen molar-refractivity contribution in [3.8, 4) is 0 Å². The molecular formula is C7H9NO6. The summed E-state index contributed by atoms with van der Waals surface area (Å²) >= 11 is 0. The summed E-state index contributed by atoms with van der Waals surface area (Å²) in [5, 5.41) is 27.5. The molecule has 0 saturated carbocycles. The molecule has 0 rings (SSSR count). The number of rotatable bonds is 4. The van der Waals surface area contributed by atoms with Crippen molar-refractivity contribution < 1.29 is 29.7 Å². The first-order valence-corrected chi connectivity index (χ1v) is 3.47. The highest BCUT2D eigenvalue weighted by Gasteiger charge is 2.20. The molecule has 0 aromatic rings. The van der Waals surface area contributed by atoms with Crippen LogP contribution in [0.4, 0.5) is 0 Å². The van der Waals surface area contributed by atoms with Gasteiger partial charge in [-0.25, -0.2) is 9.59 Å². The van der Waals surface area contributed by atoms with Gasteiger partial charge in [0.05, 0.1) is 5.70 Å². The molecule has 7 nitrogen and oxygen atoms in total. The molecule has 0 aliphatic carbocycles. The van der Waals surface area contributed by atoms with Crippen LogP contribution in [0.15, 0.2) is 11.8 Å². The molecule has 4 N–H and O–H groups in total. The molecule has 0 aromatic heterocycles. The average molecular weight is 203 g/mol. The van der Waals surface area contributed by atoms with Crippen LogP contribution in [0.2, 0.25) is 0 Å². The fourth-order valence-electron chi connectivity index (χ4n) is 0.653. The summed E-state index contributed by atoms with van der Waals surface area (Å²) in [6.45, 7) is 1.06. The van der Waals surface area contributed by atoms with Crippen molar-refractivity contribution in [3.63, 3.8) is 0 Å². The van der Waals surface area contributed by atoms with Gasteiger partial charge in [-0.1, -0.05) is 0 Å². The predicted octanol–water partition coefficient (Wildman–Crippen LogP) is -1.46. The normalized spacial score (nSPS) is 13.1. The van der Waals surface area contributed by atoms with Gasteiger partial charge in [-0.05, 0) is 0 Å². The monoisotopic (exact) mass is 203 g/mol. The Kier molecular flexibility index (Phi) is 4.30. The number of carbonyl (C=O) groups excluding carboxylic acids is 1. The van der Waals surface area contributed by atoms with E-state index in [4.69, 9.17) is 15.3 Å². The second kappa shape index (κ2) is 4.97. The number of aliphatic carboxylic acids is 2. The van der Waals surface area contributed by atoms with Crippen LogP contribution in [0.1, 0.15) is 6.92 Å². The second-order valence-corrected chi connectivity index (χ2v) is 2.36. The molecule has 14 heavy (non-hydrogen) atoms. The highest BCUT2D eigenvalue weighted by atomic mass is 16.4. The second-order valence-electron chi connectivity index (χ2n) is 2.36. The molecule has 0 fully saturated rings. The van der Waals surface area contributed by atoms with Crippen molar-refractivity contribution in [1.82, 2.24) is 5.32 Å². The average Bonchev–Trinajstić information content (AvgIpc) is 1.99. The molecule has 0 aliphatic heterocycles. The number of hydrogen-bond donors (Lipinski definition) is 4. The van der Waals surface area contributed by atoms with Crippen molar-refractivity contribution in [2.45, 2.75) is 13.0 Å². The number of aliphatic hydroxyl groups is 1. The first-order chi connectivity index (χ1) is 6.34. The van der Waals surface area contributed by atoms with E-state index in [0.29, 0.717) is 6.08 Å². The van der Waals surface area contributed by atoms with Crippen LogP contribution < -0.4 is 5.32 Å². The third kappa shape index (κ3) is 4.21. The van der Waals surface area contributed by atoms with Gasteiger partial charge in [-0.15, -0.1) is 0 Å². The Hall–Kier alpha value is -1.89. The van der Waals surface area contributed by atoms with Crippen LogP contribution >= 0.6 is 0 Å². The van der Waals surface area contributed by atoms with E-state index >= 15 is 0 Å². The minimum Gasteiger partial charge on any atom is -0.479 e. The molecule has 0 heterocycles. The van der Waals surface area contributed by atoms with E-state index in [1.54, 1.807) is 0 Å². The van der Waals surface area contributed by atoms with E-state index in [9.17, 15) is 14.4 Å². The number of carboxylic acid groups (broad SMARTS) is 2. The van der Waals surface area contributed by atoms with Gasteiger partial charge in [0.1, 0.15) is 0 Å². The molecule has 0 aliphatic rings. The van der Waals surface area contributed by atoms with Crippen molar-refractivity contribution in [1.29, 1.82) is 0 Å². The summed E-state index contributed by atoms with van der Waals surface area (Å²) in [4.78, 5) is 31.0. The highest BCUT2D eigenvalue weighted by Crippen LogP contribution is 1.98. The number of amides is 1. The minimum absolute atomic E-state index is 0.417. The quantitative estimate of drug-likeness (QED) is 0.414. The Morgan fingerprint density at radius 3 is 2.07 bits per heavy atom. The van der Waals surface area contributed by atoms with E-state index in [2.05, 4.69) is 0 Å². The van der Waals surface area contributed by atoms with Crippen LogP contribution in [-0.4, -0.2) is 39.3 Å². The predicted molar refractivity (Wildman–Crippen MR) is 43.2 cm³/mol. The third-order valence-corrected chi connectivity index (χ3v) is 1.13. The lowest BCUT2D eigenvalue weighted by molar-refractivity contribution is -0.144. The minimum atomic E-state index is -2.06. The number of aliphatic hydroxyl groups excluding tert-OH is 1. The SMILES string of the molecule is CC(=O)NC(=CC(=O)O)C(O)C(=O)O. The van der Waals surface area contributed by atoms with Gasteiger partial charge in [-0.3, -0.25) is 4.79 Å². The smallest absolute Gasteiger partial charge is 0.338 e. The Morgan fingerprint density at radius 2 is 1.79 bits per heavy atom. The molecule has 0 aromatic carbocycles. The van der Waals surface area contributed by atoms with Gasteiger partial charge in [0, 0.05) is 13.0 Å². The van der Waals surface area contributed by atoms with Gasteiger partial charge >= 0.3 is 11.9 Å². The van der Waals surface area contributed by atoms with E-state index in [1.165, 1.54) is 0 Å². The zero-order valence-electron chi connectivity index (χ0n) is 7.22. The van der Waals surface area contributed by atoms with Crippen molar-refractivity contribution in [2.75, 3.05) is 0 Å². The van der Waals surface area contributed by atoms with E-state index in [-0.39, 0.29) is 0 Å². The summed E-state index contributed by atoms with van der Waals surface area (Å²) in [6.07, 6.45) is -1.64. The van der Waals surface area contributed by atoms with Crippen molar-refractivity contribution in [3.05, 3.63) is 11.8 Å². The van der Waals surface area contributed by atoms with E-state index < -0.39 is 29.6 Å². The Balaban J connectivity index is 4.81. The number of nitrogens with one attached hydrogen (secondary N) is 1. The molecule has 0 radical (unpaired) electrons. The largest absolute Gasteiger partial charge is 0.479 e. The van der Waals surface area contributed by atoms with Gasteiger partial charge < -0.3 is 20.6 Å². The lowest BCUT2D eigenvalue weighted by atomic mass is 10.2. The maximum atomic E-state index is 10.5. The lowest BCUT2D eigenvalue weighted by Crippen LogP contribution is -2.33. The Labute approximate surface area is 78.7 Å². The first kappa shape index (κ1) is 12.1. The molecule has 1 amide bonds. The first-order valence-electron chi connectivity index (χ1n) is 3.47. The molecule has 0 saturated heterocycles. The van der Waals surface area contributed by atoms with Crippen LogP contribution in [0.25, 0.3) is 0 Å². The molecule has 7 heteroatoms. The van der Waals surface area contributed by atoms with E-state index in [1.807, 2.05) is 5.32 Å². The van der Waals surface area contributed by atoms with Crippen LogP contribution in [0.3, 0.4) is 0 Å². The lowest BCUT2D eigenvalue weighted by Gasteiger charge is -2.10. The number of carbonyl (C=O) groups is 3. The number of carboxylic acids is 2. The van der Waals surface area contributed by atoms with E-state index in [0.717, 1.165) is 6.92 Å². The van der Waals surface area contributed by atoms with Crippen molar-refractivity contribution >= 4 is 17.8 Å². The number of hydrogen-bond acceptors (Lipinski definition) is 4. The topological polar surface area (TPSA) is 124 Å². The van der Waals surface area contributed by atoms with Crippen LogP contribution in [0.5, 0.6) is 0 Å². The van der Waals surface area contributed by atoms with Crippen LogP contribution in [-0.2, 0) is 14.4 Å².